The summed E-state index contributed by atoms with van der Waals surface area (Å²) in [6.45, 7) is 4.97. The molecule has 0 aliphatic heterocycles. The van der Waals surface area contributed by atoms with Gasteiger partial charge in [0.05, 0.1) is 6.61 Å². The van der Waals surface area contributed by atoms with Crippen molar-refractivity contribution in [2.24, 2.45) is 0 Å². The second-order valence-corrected chi connectivity index (χ2v) is 3.53. The molecule has 0 spiro atoms. The Bertz CT molecular complexity index is 352. The Hall–Kier alpha value is -1.20. The summed E-state index contributed by atoms with van der Waals surface area (Å²) < 4.78 is 41.9. The van der Waals surface area contributed by atoms with Crippen molar-refractivity contribution in [3.63, 3.8) is 0 Å². The Balaban J connectivity index is 2.42. The molecule has 0 aliphatic carbocycles. The van der Waals surface area contributed by atoms with E-state index in [4.69, 9.17) is 14.2 Å². The minimum absolute atomic E-state index is 0.0956. The molecule has 0 heterocycles. The topological polar surface area (TPSA) is 27.7 Å². The average Bonchev–Trinajstić information content (AvgIpc) is 2.35. The highest BCUT2D eigenvalue weighted by Gasteiger charge is 2.11. The van der Waals surface area contributed by atoms with Gasteiger partial charge in [0.2, 0.25) is 5.82 Å². The third-order valence-corrected chi connectivity index (χ3v) is 2.23. The van der Waals surface area contributed by atoms with Crippen LogP contribution in [0.25, 0.3) is 0 Å². The zero-order chi connectivity index (χ0) is 13.4. The van der Waals surface area contributed by atoms with Crippen molar-refractivity contribution in [1.82, 2.24) is 0 Å². The maximum Gasteiger partial charge on any atom is 0.200 e. The molecule has 1 aromatic carbocycles. The monoisotopic (exact) mass is 260 g/mol. The first kappa shape index (κ1) is 14.9. The van der Waals surface area contributed by atoms with Crippen LogP contribution in [0.4, 0.5) is 8.78 Å². The van der Waals surface area contributed by atoms with Crippen LogP contribution in [0.3, 0.4) is 0 Å². The van der Waals surface area contributed by atoms with E-state index in [-0.39, 0.29) is 18.6 Å². The van der Waals surface area contributed by atoms with E-state index in [1.807, 2.05) is 13.8 Å². The van der Waals surface area contributed by atoms with Gasteiger partial charge in [-0.3, -0.25) is 0 Å². The summed E-state index contributed by atoms with van der Waals surface area (Å²) in [6, 6.07) is 3.83. The Morgan fingerprint density at radius 2 is 1.78 bits per heavy atom. The van der Waals surface area contributed by atoms with Crippen molar-refractivity contribution < 1.29 is 23.0 Å². The summed E-state index contributed by atoms with van der Waals surface area (Å²) in [5.41, 5.74) is 0. The van der Waals surface area contributed by atoms with Gasteiger partial charge in [0.15, 0.2) is 17.9 Å². The number of halogens is 2. The predicted octanol–water partition coefficient (Wildman–Crippen LogP) is 3.13. The van der Waals surface area contributed by atoms with E-state index in [2.05, 4.69) is 0 Å². The second-order valence-electron chi connectivity index (χ2n) is 3.53. The standard InChI is InChI=1S/C13H18F2O3/c1-3-16-12(17-4-2)8-9-18-11-7-5-6-10(14)13(11)15/h5-7,12H,3-4,8-9H2,1-2H3. The molecule has 0 aromatic heterocycles. The lowest BCUT2D eigenvalue weighted by Crippen LogP contribution is -2.20. The van der Waals surface area contributed by atoms with Crippen LogP contribution in [-0.2, 0) is 9.47 Å². The van der Waals surface area contributed by atoms with Gasteiger partial charge in [-0.25, -0.2) is 4.39 Å². The molecule has 0 N–H and O–H groups in total. The van der Waals surface area contributed by atoms with Crippen molar-refractivity contribution >= 4 is 0 Å². The largest absolute Gasteiger partial charge is 0.490 e. The number of hydrogen-bond acceptors (Lipinski definition) is 3. The highest BCUT2D eigenvalue weighted by molar-refractivity contribution is 5.24. The maximum absolute atomic E-state index is 13.3. The smallest absolute Gasteiger partial charge is 0.200 e. The normalized spacial score (nSPS) is 10.9. The highest BCUT2D eigenvalue weighted by atomic mass is 19.2. The Labute approximate surface area is 106 Å². The van der Waals surface area contributed by atoms with Gasteiger partial charge in [0.1, 0.15) is 0 Å². The van der Waals surface area contributed by atoms with E-state index in [1.165, 1.54) is 12.1 Å². The molecule has 5 heteroatoms. The fourth-order valence-corrected chi connectivity index (χ4v) is 1.45. The molecule has 0 radical (unpaired) electrons. The van der Waals surface area contributed by atoms with E-state index in [1.54, 1.807) is 0 Å². The van der Waals surface area contributed by atoms with E-state index < -0.39 is 11.6 Å². The highest BCUT2D eigenvalue weighted by Crippen LogP contribution is 2.19. The second kappa shape index (κ2) is 8.00. The molecule has 0 fully saturated rings. The summed E-state index contributed by atoms with van der Waals surface area (Å²) in [5, 5.41) is 0. The summed E-state index contributed by atoms with van der Waals surface area (Å²) in [5.74, 6) is -1.98. The third kappa shape index (κ3) is 4.58. The van der Waals surface area contributed by atoms with E-state index in [9.17, 15) is 8.78 Å². The average molecular weight is 260 g/mol. The molecular weight excluding hydrogens is 242 g/mol. The van der Waals surface area contributed by atoms with Crippen molar-refractivity contribution in [2.45, 2.75) is 26.6 Å². The van der Waals surface area contributed by atoms with Crippen LogP contribution in [0.1, 0.15) is 20.3 Å². The van der Waals surface area contributed by atoms with Crippen LogP contribution in [0.2, 0.25) is 0 Å². The van der Waals surface area contributed by atoms with E-state index in [0.717, 1.165) is 6.07 Å². The Kier molecular flexibility index (Phi) is 6.60. The SMILES string of the molecule is CCOC(CCOc1cccc(F)c1F)OCC. The lowest BCUT2D eigenvalue weighted by atomic mass is 10.3. The van der Waals surface area contributed by atoms with Gasteiger partial charge in [-0.15, -0.1) is 0 Å². The zero-order valence-electron chi connectivity index (χ0n) is 10.6. The zero-order valence-corrected chi connectivity index (χ0v) is 10.6. The molecule has 0 amide bonds. The van der Waals surface area contributed by atoms with Gasteiger partial charge >= 0.3 is 0 Å². The van der Waals surface area contributed by atoms with Crippen molar-refractivity contribution in [2.75, 3.05) is 19.8 Å². The fraction of sp³-hybridized carbons (Fsp3) is 0.538. The van der Waals surface area contributed by atoms with Crippen molar-refractivity contribution in [3.05, 3.63) is 29.8 Å². The molecule has 18 heavy (non-hydrogen) atoms. The van der Waals surface area contributed by atoms with Crippen LogP contribution >= 0.6 is 0 Å². The molecule has 0 aliphatic rings. The molecule has 0 saturated heterocycles. The quantitative estimate of drug-likeness (QED) is 0.672. The number of rotatable bonds is 8. The molecule has 0 unspecified atom stereocenters. The van der Waals surface area contributed by atoms with Crippen LogP contribution in [0.5, 0.6) is 5.75 Å². The minimum Gasteiger partial charge on any atom is -0.490 e. The first-order valence-corrected chi connectivity index (χ1v) is 5.99. The molecule has 3 nitrogen and oxygen atoms in total. The van der Waals surface area contributed by atoms with Crippen LogP contribution in [-0.4, -0.2) is 26.1 Å². The molecule has 0 bridgehead atoms. The maximum atomic E-state index is 13.3. The summed E-state index contributed by atoms with van der Waals surface area (Å²) in [7, 11) is 0. The fourth-order valence-electron chi connectivity index (χ4n) is 1.45. The molecule has 0 saturated carbocycles. The Morgan fingerprint density at radius 1 is 1.11 bits per heavy atom. The summed E-state index contributed by atoms with van der Waals surface area (Å²) in [4.78, 5) is 0. The van der Waals surface area contributed by atoms with Crippen molar-refractivity contribution in [3.8, 4) is 5.75 Å². The first-order chi connectivity index (χ1) is 8.69. The molecule has 1 rings (SSSR count). The first-order valence-electron chi connectivity index (χ1n) is 5.99. The molecule has 1 aromatic rings. The molecular formula is C13H18F2O3. The van der Waals surface area contributed by atoms with E-state index in [0.29, 0.717) is 19.6 Å². The number of hydrogen-bond donors (Lipinski definition) is 0. The van der Waals surface area contributed by atoms with Crippen molar-refractivity contribution in [1.29, 1.82) is 0 Å². The van der Waals surface area contributed by atoms with Gasteiger partial charge in [0, 0.05) is 19.6 Å². The van der Waals surface area contributed by atoms with Gasteiger partial charge in [-0.05, 0) is 26.0 Å². The third-order valence-electron chi connectivity index (χ3n) is 2.23. The van der Waals surface area contributed by atoms with Gasteiger partial charge in [-0.2, -0.15) is 4.39 Å². The predicted molar refractivity (Wildman–Crippen MR) is 63.5 cm³/mol. The summed E-state index contributed by atoms with van der Waals surface area (Å²) >= 11 is 0. The Morgan fingerprint density at radius 3 is 2.39 bits per heavy atom. The van der Waals surface area contributed by atoms with E-state index >= 15 is 0 Å². The lowest BCUT2D eigenvalue weighted by molar-refractivity contribution is -0.142. The summed E-state index contributed by atoms with van der Waals surface area (Å²) in [6.07, 6.45) is 0.0779. The van der Waals surface area contributed by atoms with Gasteiger partial charge in [-0.1, -0.05) is 6.07 Å². The lowest BCUT2D eigenvalue weighted by Gasteiger charge is -2.17. The van der Waals surface area contributed by atoms with Crippen LogP contribution < -0.4 is 4.74 Å². The van der Waals surface area contributed by atoms with Crippen LogP contribution in [0.15, 0.2) is 18.2 Å². The van der Waals surface area contributed by atoms with Crippen LogP contribution in [0, 0.1) is 11.6 Å². The van der Waals surface area contributed by atoms with Gasteiger partial charge < -0.3 is 14.2 Å². The molecule has 102 valence electrons. The molecule has 0 atom stereocenters. The number of benzene rings is 1. The van der Waals surface area contributed by atoms with Gasteiger partial charge in [0.25, 0.3) is 0 Å². The minimum atomic E-state index is -0.970. The number of ether oxygens (including phenoxy) is 3.